The van der Waals surface area contributed by atoms with E-state index >= 15 is 0 Å². The number of hydrogen-bond donors (Lipinski definition) is 1. The van der Waals surface area contributed by atoms with Crippen LogP contribution in [-0.2, 0) is 11.3 Å². The molecule has 1 N–H and O–H groups in total. The van der Waals surface area contributed by atoms with Crippen LogP contribution in [0.25, 0.3) is 0 Å². The molecule has 0 amide bonds. The van der Waals surface area contributed by atoms with E-state index in [0.717, 1.165) is 17.9 Å². The van der Waals surface area contributed by atoms with Crippen LogP contribution < -0.4 is 10.1 Å². The van der Waals surface area contributed by atoms with Crippen LogP contribution in [0.3, 0.4) is 0 Å². The molecule has 0 aliphatic heterocycles. The van der Waals surface area contributed by atoms with E-state index in [1.54, 1.807) is 7.11 Å². The van der Waals surface area contributed by atoms with Crippen molar-refractivity contribution in [3.8, 4) is 11.5 Å². The predicted molar refractivity (Wildman–Crippen MR) is 86.3 cm³/mol. The van der Waals surface area contributed by atoms with Crippen LogP contribution in [0.4, 0.5) is 0 Å². The monoisotopic (exact) mass is 305 g/mol. The molecule has 0 saturated heterocycles. The number of halogens is 1. The first-order valence-electron chi connectivity index (χ1n) is 6.92. The van der Waals surface area contributed by atoms with Crippen molar-refractivity contribution in [2.45, 2.75) is 13.5 Å². The number of methoxy groups -OCH3 is 1. The highest BCUT2D eigenvalue weighted by Crippen LogP contribution is 2.33. The molecule has 21 heavy (non-hydrogen) atoms. The van der Waals surface area contributed by atoms with Crippen molar-refractivity contribution < 1.29 is 9.47 Å². The first-order valence-corrected chi connectivity index (χ1v) is 7.30. The summed E-state index contributed by atoms with van der Waals surface area (Å²) in [6.07, 6.45) is 0. The van der Waals surface area contributed by atoms with Gasteiger partial charge >= 0.3 is 0 Å². The Hall–Kier alpha value is -1.55. The summed E-state index contributed by atoms with van der Waals surface area (Å²) in [7, 11) is 1.69. The molecular formula is C17H20ClNO2. The molecule has 3 nitrogen and oxygen atoms in total. The number of nitrogens with one attached hydrogen (secondary N) is 1. The lowest BCUT2D eigenvalue weighted by Crippen LogP contribution is -2.18. The highest BCUT2D eigenvalue weighted by atomic mass is 35.5. The first kappa shape index (κ1) is 15.8. The van der Waals surface area contributed by atoms with Gasteiger partial charge in [-0.15, -0.1) is 0 Å². The van der Waals surface area contributed by atoms with Crippen LogP contribution >= 0.6 is 11.6 Å². The molecule has 0 heterocycles. The van der Waals surface area contributed by atoms with Gasteiger partial charge in [-0.1, -0.05) is 41.4 Å². The number of ether oxygens (including phenoxy) is 2. The van der Waals surface area contributed by atoms with Gasteiger partial charge in [-0.2, -0.15) is 0 Å². The summed E-state index contributed by atoms with van der Waals surface area (Å²) < 4.78 is 11.0. The lowest BCUT2D eigenvalue weighted by molar-refractivity contribution is 0.199. The lowest BCUT2D eigenvalue weighted by atomic mass is 10.2. The maximum Gasteiger partial charge on any atom is 0.150 e. The fourth-order valence-corrected chi connectivity index (χ4v) is 2.16. The van der Waals surface area contributed by atoms with Crippen LogP contribution in [0.2, 0.25) is 5.02 Å². The van der Waals surface area contributed by atoms with Crippen molar-refractivity contribution in [3.05, 3.63) is 58.6 Å². The van der Waals surface area contributed by atoms with Gasteiger partial charge in [-0.25, -0.2) is 0 Å². The van der Waals surface area contributed by atoms with E-state index in [-0.39, 0.29) is 0 Å². The Kier molecular flexibility index (Phi) is 6.05. The normalized spacial score (nSPS) is 10.6. The molecule has 2 aromatic rings. The summed E-state index contributed by atoms with van der Waals surface area (Å²) in [5.41, 5.74) is 2.22. The summed E-state index contributed by atoms with van der Waals surface area (Å²) in [6.45, 7) is 4.19. The molecule has 2 rings (SSSR count). The minimum absolute atomic E-state index is 0.613. The van der Waals surface area contributed by atoms with Crippen LogP contribution in [0, 0.1) is 6.92 Å². The third kappa shape index (κ3) is 4.74. The second-order valence-corrected chi connectivity index (χ2v) is 5.22. The standard InChI is InChI=1S/C17H20ClNO2/c1-13-6-8-15(9-7-13)21-17-14(4-3-5-16(17)18)12-19-10-11-20-2/h3-9,19H,10-12H2,1-2H3. The van der Waals surface area contributed by atoms with E-state index in [4.69, 9.17) is 21.1 Å². The summed E-state index contributed by atoms with van der Waals surface area (Å²) in [6, 6.07) is 13.7. The number of benzene rings is 2. The molecule has 0 bridgehead atoms. The number of aryl methyl sites for hydroxylation is 1. The van der Waals surface area contributed by atoms with Crippen molar-refractivity contribution in [1.82, 2.24) is 5.32 Å². The number of rotatable bonds is 7. The lowest BCUT2D eigenvalue weighted by Gasteiger charge is -2.13. The average Bonchev–Trinajstić information content (AvgIpc) is 2.49. The van der Waals surface area contributed by atoms with E-state index in [0.29, 0.717) is 23.9 Å². The van der Waals surface area contributed by atoms with E-state index in [1.807, 2.05) is 49.4 Å². The van der Waals surface area contributed by atoms with Crippen LogP contribution in [0.5, 0.6) is 11.5 Å². The summed E-state index contributed by atoms with van der Waals surface area (Å²) >= 11 is 6.27. The van der Waals surface area contributed by atoms with E-state index in [1.165, 1.54) is 5.56 Å². The van der Waals surface area contributed by atoms with Crippen molar-refractivity contribution in [1.29, 1.82) is 0 Å². The highest BCUT2D eigenvalue weighted by molar-refractivity contribution is 6.32. The Labute approximate surface area is 130 Å². The largest absolute Gasteiger partial charge is 0.455 e. The van der Waals surface area contributed by atoms with Crippen LogP contribution in [0.1, 0.15) is 11.1 Å². The molecule has 112 valence electrons. The maximum absolute atomic E-state index is 6.27. The molecule has 0 fully saturated rings. The molecular weight excluding hydrogens is 286 g/mol. The molecule has 0 spiro atoms. The molecule has 0 atom stereocenters. The first-order chi connectivity index (χ1) is 10.2. The molecule has 0 aromatic heterocycles. The van der Waals surface area contributed by atoms with Gasteiger partial charge in [0.1, 0.15) is 11.5 Å². The third-order valence-corrected chi connectivity index (χ3v) is 3.39. The van der Waals surface area contributed by atoms with Crippen LogP contribution in [-0.4, -0.2) is 20.3 Å². The smallest absolute Gasteiger partial charge is 0.150 e. The average molecular weight is 306 g/mol. The molecule has 0 radical (unpaired) electrons. The Morgan fingerprint density at radius 3 is 2.57 bits per heavy atom. The number of hydrogen-bond acceptors (Lipinski definition) is 3. The van der Waals surface area contributed by atoms with Crippen molar-refractivity contribution in [3.63, 3.8) is 0 Å². The summed E-state index contributed by atoms with van der Waals surface area (Å²) in [5.74, 6) is 1.49. The van der Waals surface area contributed by atoms with Gasteiger partial charge in [0.05, 0.1) is 11.6 Å². The molecule has 4 heteroatoms. The van der Waals surface area contributed by atoms with Gasteiger partial charge in [0.2, 0.25) is 0 Å². The maximum atomic E-state index is 6.27. The van der Waals surface area contributed by atoms with Gasteiger partial charge in [0.25, 0.3) is 0 Å². The minimum atomic E-state index is 0.613. The van der Waals surface area contributed by atoms with Crippen LogP contribution in [0.15, 0.2) is 42.5 Å². The zero-order chi connectivity index (χ0) is 15.1. The van der Waals surface area contributed by atoms with Gasteiger partial charge in [-0.05, 0) is 25.1 Å². The molecule has 0 saturated carbocycles. The van der Waals surface area contributed by atoms with Crippen molar-refractivity contribution in [2.24, 2.45) is 0 Å². The quantitative estimate of drug-likeness (QED) is 0.779. The topological polar surface area (TPSA) is 30.5 Å². The van der Waals surface area contributed by atoms with Gasteiger partial charge in [-0.3, -0.25) is 0 Å². The van der Waals surface area contributed by atoms with Crippen molar-refractivity contribution >= 4 is 11.6 Å². The second kappa shape index (κ2) is 8.03. The van der Waals surface area contributed by atoms with Gasteiger partial charge < -0.3 is 14.8 Å². The van der Waals surface area contributed by atoms with E-state index < -0.39 is 0 Å². The molecule has 2 aromatic carbocycles. The van der Waals surface area contributed by atoms with Gasteiger partial charge in [0, 0.05) is 25.8 Å². The predicted octanol–water partition coefficient (Wildman–Crippen LogP) is 4.18. The zero-order valence-electron chi connectivity index (χ0n) is 12.4. The molecule has 0 aliphatic rings. The SMILES string of the molecule is COCCNCc1cccc(Cl)c1Oc1ccc(C)cc1. The Morgan fingerprint density at radius 1 is 1.10 bits per heavy atom. The Balaban J connectivity index is 2.11. The molecule has 0 unspecified atom stereocenters. The van der Waals surface area contributed by atoms with Gasteiger partial charge in [0.15, 0.2) is 0 Å². The van der Waals surface area contributed by atoms with Crippen molar-refractivity contribution in [2.75, 3.05) is 20.3 Å². The zero-order valence-corrected chi connectivity index (χ0v) is 13.1. The fraction of sp³-hybridized carbons (Fsp3) is 0.294. The van der Waals surface area contributed by atoms with E-state index in [2.05, 4.69) is 5.32 Å². The van der Waals surface area contributed by atoms with E-state index in [9.17, 15) is 0 Å². The minimum Gasteiger partial charge on any atom is -0.455 e. The number of para-hydroxylation sites is 1. The Bertz CT molecular complexity index is 570. The Morgan fingerprint density at radius 2 is 1.86 bits per heavy atom. The third-order valence-electron chi connectivity index (χ3n) is 3.09. The summed E-state index contributed by atoms with van der Waals surface area (Å²) in [4.78, 5) is 0. The highest BCUT2D eigenvalue weighted by Gasteiger charge is 2.09. The summed E-state index contributed by atoms with van der Waals surface area (Å²) in [5, 5.41) is 3.91. The second-order valence-electron chi connectivity index (χ2n) is 4.81. The molecule has 0 aliphatic carbocycles. The fourth-order valence-electron chi connectivity index (χ4n) is 1.93.